The zero-order chi connectivity index (χ0) is 24.3. The van der Waals surface area contributed by atoms with E-state index >= 15 is 0 Å². The Labute approximate surface area is 191 Å². The maximum absolute atomic E-state index is 14.9. The van der Waals surface area contributed by atoms with Crippen LogP contribution in [0.25, 0.3) is 11.0 Å². The molecule has 2 aromatic heterocycles. The van der Waals surface area contributed by atoms with E-state index in [1.807, 2.05) is 0 Å². The molecule has 0 bridgehead atoms. The first kappa shape index (κ1) is 22.8. The van der Waals surface area contributed by atoms with Crippen LogP contribution in [0.4, 0.5) is 29.1 Å². The Kier molecular flexibility index (Phi) is 5.61. The molecule has 3 aromatic rings. The van der Waals surface area contributed by atoms with Crippen molar-refractivity contribution in [3.63, 3.8) is 0 Å². The maximum atomic E-state index is 14.9. The number of aliphatic hydroxyl groups excluding tert-OH is 2. The smallest absolute Gasteiger partial charge is 0.266 e. The lowest BCUT2D eigenvalue weighted by Crippen LogP contribution is -2.36. The van der Waals surface area contributed by atoms with Crippen LogP contribution in [-0.4, -0.2) is 49.5 Å². The van der Waals surface area contributed by atoms with Gasteiger partial charge in [-0.05, 0) is 29.5 Å². The number of rotatable bonds is 4. The normalized spacial score (nSPS) is 26.9. The zero-order valence-electron chi connectivity index (χ0n) is 18.1. The number of hydrogen-bond donors (Lipinski definition) is 5. The van der Waals surface area contributed by atoms with E-state index < -0.39 is 47.9 Å². The van der Waals surface area contributed by atoms with E-state index in [0.717, 1.165) is 12.3 Å². The van der Waals surface area contributed by atoms with Gasteiger partial charge in [-0.2, -0.15) is 0 Å². The number of nitrogens with one attached hydrogen (secondary N) is 2. The summed E-state index contributed by atoms with van der Waals surface area (Å²) in [4.78, 5) is 7.85. The van der Waals surface area contributed by atoms with E-state index in [0.29, 0.717) is 12.1 Å². The number of halogens is 4. The zero-order valence-corrected chi connectivity index (χ0v) is 18.1. The van der Waals surface area contributed by atoms with E-state index in [2.05, 4.69) is 20.6 Å². The summed E-state index contributed by atoms with van der Waals surface area (Å²) in [7, 11) is 0. The summed E-state index contributed by atoms with van der Waals surface area (Å²) in [6.45, 7) is 2.46. The van der Waals surface area contributed by atoms with Gasteiger partial charge < -0.3 is 31.1 Å². The lowest BCUT2D eigenvalue weighted by molar-refractivity contribution is 0.0208. The van der Waals surface area contributed by atoms with Crippen LogP contribution in [0.3, 0.4) is 0 Å². The molecule has 12 heteroatoms. The molecule has 2 aliphatic rings. The van der Waals surface area contributed by atoms with Gasteiger partial charge in [0.25, 0.3) is 6.43 Å². The average Bonchev–Trinajstić information content (AvgIpc) is 3.27. The predicted octanol–water partition coefficient (Wildman–Crippen LogP) is 2.58. The minimum atomic E-state index is -3.01. The van der Waals surface area contributed by atoms with Gasteiger partial charge in [0, 0.05) is 25.0 Å². The average molecular weight is 480 g/mol. The van der Waals surface area contributed by atoms with Crippen LogP contribution in [0.1, 0.15) is 48.4 Å². The van der Waals surface area contributed by atoms with Crippen molar-refractivity contribution in [1.29, 1.82) is 0 Å². The Hall–Kier alpha value is -2.96. The van der Waals surface area contributed by atoms with E-state index in [1.165, 1.54) is 10.9 Å². The number of alkyl halides is 2. The summed E-state index contributed by atoms with van der Waals surface area (Å²) in [6.07, 6.45) is -3.21. The first-order chi connectivity index (χ1) is 16.2. The van der Waals surface area contributed by atoms with Crippen LogP contribution in [0.5, 0.6) is 0 Å². The van der Waals surface area contributed by atoms with Crippen molar-refractivity contribution in [3.8, 4) is 0 Å². The van der Waals surface area contributed by atoms with Crippen LogP contribution in [-0.2, 0) is 6.54 Å². The van der Waals surface area contributed by atoms with Gasteiger partial charge in [-0.3, -0.25) is 0 Å². The summed E-state index contributed by atoms with van der Waals surface area (Å²) >= 11 is 0. The molecule has 1 fully saturated rings. The molecule has 182 valence electrons. The van der Waals surface area contributed by atoms with Crippen molar-refractivity contribution >= 4 is 22.5 Å². The molecule has 6 N–H and O–H groups in total. The standard InChI is InChI=1S/C22H24F4N6O2/c1-8-4-28-5-10-12(2-9(20(25)26)17(24)15(8)10)31-13-3-14(19(34)18(13)33)32-6-11(23)16-21(27)29-7-30-22(16)32/h2,6-8,13-14,18-20,28,31,33-34H,3-5H2,1H3,(H2,27,29,30)/t8-,13-,14+,18+,19-/m0/s1. The molecular weight excluding hydrogens is 456 g/mol. The highest BCUT2D eigenvalue weighted by molar-refractivity contribution is 5.86. The summed E-state index contributed by atoms with van der Waals surface area (Å²) in [5.41, 5.74) is 6.19. The lowest BCUT2D eigenvalue weighted by Gasteiger charge is -2.29. The first-order valence-corrected chi connectivity index (χ1v) is 10.9. The molecule has 34 heavy (non-hydrogen) atoms. The van der Waals surface area contributed by atoms with Gasteiger partial charge in [-0.15, -0.1) is 0 Å². The van der Waals surface area contributed by atoms with Crippen molar-refractivity contribution in [2.45, 2.75) is 56.5 Å². The molecule has 1 aromatic carbocycles. The summed E-state index contributed by atoms with van der Waals surface area (Å²) < 4.78 is 58.0. The quantitative estimate of drug-likeness (QED) is 0.364. The van der Waals surface area contributed by atoms with Gasteiger partial charge in [0.2, 0.25) is 0 Å². The lowest BCUT2D eigenvalue weighted by atomic mass is 9.88. The number of nitrogens with two attached hydrogens (primary N) is 1. The van der Waals surface area contributed by atoms with E-state index in [-0.39, 0.29) is 47.0 Å². The Balaban J connectivity index is 1.51. The maximum Gasteiger partial charge on any atom is 0.266 e. The van der Waals surface area contributed by atoms with Crippen molar-refractivity contribution < 1.29 is 27.8 Å². The van der Waals surface area contributed by atoms with Crippen LogP contribution >= 0.6 is 0 Å². The van der Waals surface area contributed by atoms with Crippen molar-refractivity contribution in [1.82, 2.24) is 19.9 Å². The van der Waals surface area contributed by atoms with Gasteiger partial charge in [0.15, 0.2) is 5.82 Å². The molecule has 8 nitrogen and oxygen atoms in total. The third kappa shape index (κ3) is 3.48. The second kappa shape index (κ2) is 8.36. The second-order valence-electron chi connectivity index (χ2n) is 8.93. The summed E-state index contributed by atoms with van der Waals surface area (Å²) in [6, 6.07) is -0.502. The van der Waals surface area contributed by atoms with E-state index in [4.69, 9.17) is 5.73 Å². The number of nitrogens with zero attached hydrogens (tertiary/aromatic N) is 3. The number of fused-ring (bicyclic) bond motifs is 2. The Morgan fingerprint density at radius 1 is 1.24 bits per heavy atom. The number of nitrogen functional groups attached to an aromatic ring is 1. The predicted molar refractivity (Wildman–Crippen MR) is 116 cm³/mol. The molecule has 5 atom stereocenters. The van der Waals surface area contributed by atoms with E-state index in [1.54, 1.807) is 6.92 Å². The molecule has 0 spiro atoms. The highest BCUT2D eigenvalue weighted by Gasteiger charge is 2.44. The van der Waals surface area contributed by atoms with E-state index in [9.17, 15) is 27.8 Å². The number of aliphatic hydroxyl groups is 2. The molecule has 0 amide bonds. The number of anilines is 2. The SMILES string of the molecule is C[C@H]1CNCc2c(N[C@H]3C[C@@H](n4cc(F)c5c(N)ncnc54)[C@H](O)[C@@H]3O)cc(C(F)F)c(F)c21. The number of benzene rings is 1. The fourth-order valence-corrected chi connectivity index (χ4v) is 5.19. The number of aromatic nitrogens is 3. The Morgan fingerprint density at radius 3 is 2.74 bits per heavy atom. The van der Waals surface area contributed by atoms with Gasteiger partial charge in [0.1, 0.15) is 35.8 Å². The van der Waals surface area contributed by atoms with Crippen molar-refractivity contribution in [3.05, 3.63) is 46.9 Å². The second-order valence-corrected chi connectivity index (χ2v) is 8.93. The van der Waals surface area contributed by atoms with Crippen LogP contribution in [0.15, 0.2) is 18.6 Å². The Morgan fingerprint density at radius 2 is 2.00 bits per heavy atom. The topological polar surface area (TPSA) is 121 Å². The van der Waals surface area contributed by atoms with Gasteiger partial charge >= 0.3 is 0 Å². The molecular formula is C22H24F4N6O2. The van der Waals surface area contributed by atoms with Crippen LogP contribution < -0.4 is 16.4 Å². The molecule has 0 radical (unpaired) electrons. The first-order valence-electron chi connectivity index (χ1n) is 10.9. The minimum absolute atomic E-state index is 0.00911. The molecule has 0 unspecified atom stereocenters. The Bertz CT molecular complexity index is 1250. The third-order valence-electron chi connectivity index (χ3n) is 6.86. The molecule has 1 saturated carbocycles. The fourth-order valence-electron chi connectivity index (χ4n) is 5.19. The van der Waals surface area contributed by atoms with Crippen LogP contribution in [0.2, 0.25) is 0 Å². The molecule has 1 aliphatic carbocycles. The number of hydrogen-bond acceptors (Lipinski definition) is 7. The third-order valence-corrected chi connectivity index (χ3v) is 6.86. The summed E-state index contributed by atoms with van der Waals surface area (Å²) in [5.74, 6) is -1.96. The molecule has 1 aliphatic heterocycles. The van der Waals surface area contributed by atoms with Crippen molar-refractivity contribution in [2.75, 3.05) is 17.6 Å². The van der Waals surface area contributed by atoms with Crippen molar-refractivity contribution in [2.24, 2.45) is 0 Å². The van der Waals surface area contributed by atoms with Crippen LogP contribution in [0, 0.1) is 11.6 Å². The molecule has 3 heterocycles. The minimum Gasteiger partial charge on any atom is -0.388 e. The van der Waals surface area contributed by atoms with Gasteiger partial charge in [-0.1, -0.05) is 6.92 Å². The van der Waals surface area contributed by atoms with Gasteiger partial charge in [-0.25, -0.2) is 27.5 Å². The highest BCUT2D eigenvalue weighted by Crippen LogP contribution is 2.41. The fraction of sp³-hybridized carbons (Fsp3) is 0.455. The largest absolute Gasteiger partial charge is 0.388 e. The highest BCUT2D eigenvalue weighted by atomic mass is 19.3. The summed E-state index contributed by atoms with van der Waals surface area (Å²) in [5, 5.41) is 27.7. The molecule has 5 rings (SSSR count). The molecule has 0 saturated heterocycles. The monoisotopic (exact) mass is 480 g/mol. The van der Waals surface area contributed by atoms with Gasteiger partial charge in [0.05, 0.1) is 23.0 Å².